The van der Waals surface area contributed by atoms with Crippen LogP contribution in [0.1, 0.15) is 20.9 Å². The number of nitriles is 1. The van der Waals surface area contributed by atoms with E-state index in [-0.39, 0.29) is 12.6 Å². The molecule has 0 spiro atoms. The standard InChI is InChI=1S/C19H13NO2S2/c20-12-14-5-7-15(8-6-14)13-22-19(21)17(18-4-2-10-24-18)11-16-3-1-9-23-16/h1-11H,13H2. The van der Waals surface area contributed by atoms with Crippen LogP contribution in [0.3, 0.4) is 0 Å². The molecule has 0 saturated carbocycles. The first-order chi connectivity index (χ1) is 11.8. The van der Waals surface area contributed by atoms with Gasteiger partial charge in [-0.3, -0.25) is 0 Å². The number of benzene rings is 1. The molecule has 0 fully saturated rings. The van der Waals surface area contributed by atoms with Crippen molar-refractivity contribution >= 4 is 40.3 Å². The van der Waals surface area contributed by atoms with E-state index in [9.17, 15) is 4.79 Å². The maximum atomic E-state index is 12.5. The van der Waals surface area contributed by atoms with Crippen molar-refractivity contribution in [2.75, 3.05) is 0 Å². The van der Waals surface area contributed by atoms with E-state index in [2.05, 4.69) is 6.07 Å². The summed E-state index contributed by atoms with van der Waals surface area (Å²) in [5.74, 6) is -0.352. The van der Waals surface area contributed by atoms with Gasteiger partial charge in [0, 0.05) is 9.75 Å². The Morgan fingerprint density at radius 2 is 1.83 bits per heavy atom. The molecular formula is C19H13NO2S2. The molecule has 0 amide bonds. The molecule has 0 aliphatic carbocycles. The van der Waals surface area contributed by atoms with Crippen molar-refractivity contribution in [3.63, 3.8) is 0 Å². The van der Waals surface area contributed by atoms with Gasteiger partial charge in [-0.2, -0.15) is 5.26 Å². The van der Waals surface area contributed by atoms with Gasteiger partial charge in [-0.15, -0.1) is 22.7 Å². The fourth-order valence-corrected chi connectivity index (χ4v) is 3.47. The van der Waals surface area contributed by atoms with Crippen LogP contribution < -0.4 is 0 Å². The fraction of sp³-hybridized carbons (Fsp3) is 0.0526. The Hall–Kier alpha value is -2.68. The van der Waals surface area contributed by atoms with Crippen LogP contribution in [0.4, 0.5) is 0 Å². The van der Waals surface area contributed by atoms with Gasteiger partial charge in [0.25, 0.3) is 0 Å². The van der Waals surface area contributed by atoms with Crippen molar-refractivity contribution in [3.8, 4) is 6.07 Å². The third kappa shape index (κ3) is 3.99. The molecular weight excluding hydrogens is 338 g/mol. The first-order valence-corrected chi connectivity index (χ1v) is 8.97. The second-order valence-corrected chi connectivity index (χ2v) is 6.86. The molecule has 0 bridgehead atoms. The molecule has 0 radical (unpaired) electrons. The van der Waals surface area contributed by atoms with E-state index in [0.717, 1.165) is 15.3 Å². The van der Waals surface area contributed by atoms with Gasteiger partial charge in [0.15, 0.2) is 0 Å². The predicted octanol–water partition coefficient (Wildman–Crippen LogP) is 4.97. The summed E-state index contributed by atoms with van der Waals surface area (Å²) in [6, 6.07) is 16.8. The lowest BCUT2D eigenvalue weighted by atomic mass is 10.1. The lowest BCUT2D eigenvalue weighted by Crippen LogP contribution is -2.06. The Morgan fingerprint density at radius 3 is 2.46 bits per heavy atom. The second kappa shape index (κ2) is 7.73. The van der Waals surface area contributed by atoms with Crippen molar-refractivity contribution in [2.24, 2.45) is 0 Å². The van der Waals surface area contributed by atoms with Gasteiger partial charge in [-0.1, -0.05) is 24.3 Å². The molecule has 2 aromatic heterocycles. The molecule has 0 saturated heterocycles. The number of hydrogen-bond donors (Lipinski definition) is 0. The average Bonchev–Trinajstić information content (AvgIpc) is 3.31. The molecule has 5 heteroatoms. The highest BCUT2D eigenvalue weighted by molar-refractivity contribution is 7.12. The molecule has 24 heavy (non-hydrogen) atoms. The molecule has 2 heterocycles. The molecule has 0 N–H and O–H groups in total. The summed E-state index contributed by atoms with van der Waals surface area (Å²) in [6.07, 6.45) is 1.86. The van der Waals surface area contributed by atoms with E-state index in [1.165, 1.54) is 11.3 Å². The van der Waals surface area contributed by atoms with Crippen LogP contribution >= 0.6 is 22.7 Å². The maximum absolute atomic E-state index is 12.5. The first kappa shape index (κ1) is 16.2. The topological polar surface area (TPSA) is 50.1 Å². The summed E-state index contributed by atoms with van der Waals surface area (Å²) in [7, 11) is 0. The minimum Gasteiger partial charge on any atom is -0.457 e. The third-order valence-corrected chi connectivity index (χ3v) is 5.01. The maximum Gasteiger partial charge on any atom is 0.339 e. The average molecular weight is 351 g/mol. The minimum atomic E-state index is -0.352. The van der Waals surface area contributed by atoms with E-state index in [4.69, 9.17) is 10.00 Å². The molecule has 0 aliphatic rings. The summed E-state index contributed by atoms with van der Waals surface area (Å²) in [4.78, 5) is 14.4. The minimum absolute atomic E-state index is 0.178. The van der Waals surface area contributed by atoms with Gasteiger partial charge in [-0.25, -0.2) is 4.79 Å². The molecule has 3 nitrogen and oxygen atoms in total. The highest BCUT2D eigenvalue weighted by Crippen LogP contribution is 2.26. The zero-order valence-electron chi connectivity index (χ0n) is 12.6. The Morgan fingerprint density at radius 1 is 1.08 bits per heavy atom. The summed E-state index contributed by atoms with van der Waals surface area (Å²) >= 11 is 3.08. The van der Waals surface area contributed by atoms with Crippen molar-refractivity contribution < 1.29 is 9.53 Å². The SMILES string of the molecule is N#Cc1ccc(COC(=O)C(=Cc2cccs2)c2cccs2)cc1. The van der Waals surface area contributed by atoms with Crippen LogP contribution in [0.15, 0.2) is 59.3 Å². The molecule has 0 unspecified atom stereocenters. The van der Waals surface area contributed by atoms with E-state index < -0.39 is 0 Å². The van der Waals surface area contributed by atoms with Crippen LogP contribution in [0.25, 0.3) is 11.6 Å². The lowest BCUT2D eigenvalue weighted by Gasteiger charge is -2.07. The zero-order valence-corrected chi connectivity index (χ0v) is 14.3. The van der Waals surface area contributed by atoms with Crippen molar-refractivity contribution in [1.82, 2.24) is 0 Å². The van der Waals surface area contributed by atoms with Crippen molar-refractivity contribution in [1.29, 1.82) is 5.26 Å². The summed E-state index contributed by atoms with van der Waals surface area (Å²) in [6.45, 7) is 0.178. The normalized spacial score (nSPS) is 11.0. The second-order valence-electron chi connectivity index (χ2n) is 4.94. The lowest BCUT2D eigenvalue weighted by molar-refractivity contribution is -0.137. The quantitative estimate of drug-likeness (QED) is 0.482. The summed E-state index contributed by atoms with van der Waals surface area (Å²) in [5, 5.41) is 12.7. The van der Waals surface area contributed by atoms with Crippen molar-refractivity contribution in [2.45, 2.75) is 6.61 Å². The van der Waals surface area contributed by atoms with Crippen LogP contribution in [0.5, 0.6) is 0 Å². The van der Waals surface area contributed by atoms with Crippen molar-refractivity contribution in [3.05, 3.63) is 80.2 Å². The van der Waals surface area contributed by atoms with Gasteiger partial charge < -0.3 is 4.74 Å². The van der Waals surface area contributed by atoms with Gasteiger partial charge in [0.2, 0.25) is 0 Å². The molecule has 118 valence electrons. The van der Waals surface area contributed by atoms with E-state index in [1.807, 2.05) is 41.1 Å². The number of thiophene rings is 2. The Balaban J connectivity index is 1.75. The Kier molecular flexibility index (Phi) is 5.22. The van der Waals surface area contributed by atoms with Crippen LogP contribution in [0, 0.1) is 11.3 Å². The van der Waals surface area contributed by atoms with E-state index in [0.29, 0.717) is 11.1 Å². The largest absolute Gasteiger partial charge is 0.457 e. The molecule has 3 aromatic rings. The summed E-state index contributed by atoms with van der Waals surface area (Å²) in [5.41, 5.74) is 1.99. The highest BCUT2D eigenvalue weighted by Gasteiger charge is 2.15. The number of esters is 1. The van der Waals surface area contributed by atoms with E-state index in [1.54, 1.807) is 35.6 Å². The van der Waals surface area contributed by atoms with Crippen LogP contribution in [-0.2, 0) is 16.1 Å². The number of hydrogen-bond acceptors (Lipinski definition) is 5. The van der Waals surface area contributed by atoms with Crippen LogP contribution in [0.2, 0.25) is 0 Å². The monoisotopic (exact) mass is 351 g/mol. The van der Waals surface area contributed by atoms with Gasteiger partial charge in [0.1, 0.15) is 6.61 Å². The zero-order chi connectivity index (χ0) is 16.8. The van der Waals surface area contributed by atoms with Gasteiger partial charge >= 0.3 is 5.97 Å². The number of ether oxygens (including phenoxy) is 1. The molecule has 0 atom stereocenters. The fourth-order valence-electron chi connectivity index (χ4n) is 2.08. The smallest absolute Gasteiger partial charge is 0.339 e. The number of nitrogens with zero attached hydrogens (tertiary/aromatic N) is 1. The first-order valence-electron chi connectivity index (χ1n) is 7.21. The predicted molar refractivity (Wildman–Crippen MR) is 97.5 cm³/mol. The Bertz CT molecular complexity index is 871. The van der Waals surface area contributed by atoms with Gasteiger partial charge in [0.05, 0.1) is 17.2 Å². The number of carbonyl (C=O) groups is 1. The van der Waals surface area contributed by atoms with E-state index >= 15 is 0 Å². The highest BCUT2D eigenvalue weighted by atomic mass is 32.1. The third-order valence-electron chi connectivity index (χ3n) is 3.29. The molecule has 0 aliphatic heterocycles. The number of rotatable bonds is 5. The molecule has 1 aromatic carbocycles. The summed E-state index contributed by atoms with van der Waals surface area (Å²) < 4.78 is 5.46. The molecule has 3 rings (SSSR count). The van der Waals surface area contributed by atoms with Crippen LogP contribution in [-0.4, -0.2) is 5.97 Å². The Labute approximate surface area is 148 Å². The number of carbonyl (C=O) groups excluding carboxylic acids is 1. The van der Waals surface area contributed by atoms with Gasteiger partial charge in [-0.05, 0) is 46.7 Å².